The molecule has 3 aromatic rings. The van der Waals surface area contributed by atoms with Crippen LogP contribution in [0.4, 0.5) is 10.1 Å². The van der Waals surface area contributed by atoms with Gasteiger partial charge < -0.3 is 15.2 Å². The summed E-state index contributed by atoms with van der Waals surface area (Å²) in [6.45, 7) is 1.83. The van der Waals surface area contributed by atoms with Gasteiger partial charge >= 0.3 is 5.97 Å². The van der Waals surface area contributed by atoms with Crippen molar-refractivity contribution >= 4 is 11.7 Å². The highest BCUT2D eigenvalue weighted by atomic mass is 19.1. The average molecular weight is 460 g/mol. The van der Waals surface area contributed by atoms with E-state index in [2.05, 4.69) is 35.6 Å². The van der Waals surface area contributed by atoms with Gasteiger partial charge in [-0.3, -0.25) is 4.79 Å². The summed E-state index contributed by atoms with van der Waals surface area (Å²) in [5.41, 5.74) is 5.98. The van der Waals surface area contributed by atoms with Gasteiger partial charge in [0.05, 0.1) is 19.1 Å². The molecule has 0 aromatic heterocycles. The second-order valence-electron chi connectivity index (χ2n) is 9.61. The number of ether oxygens (including phenoxy) is 1. The summed E-state index contributed by atoms with van der Waals surface area (Å²) in [6, 6.07) is 19.4. The van der Waals surface area contributed by atoms with E-state index >= 15 is 0 Å². The van der Waals surface area contributed by atoms with E-state index in [9.17, 15) is 14.3 Å². The average Bonchev–Trinajstić information content (AvgIpc) is 3.69. The van der Waals surface area contributed by atoms with E-state index in [0.29, 0.717) is 17.2 Å². The summed E-state index contributed by atoms with van der Waals surface area (Å²) < 4.78 is 19.6. The summed E-state index contributed by atoms with van der Waals surface area (Å²) in [7, 11) is 1.58. The molecule has 1 saturated carbocycles. The monoisotopic (exact) mass is 459 g/mol. The minimum Gasteiger partial charge on any atom is -0.497 e. The number of hydrogen-bond acceptors (Lipinski definition) is 3. The molecule has 1 aliphatic heterocycles. The number of fused-ring (bicyclic) bond motifs is 1. The number of anilines is 1. The first kappa shape index (κ1) is 22.5. The Balaban J connectivity index is 1.37. The Morgan fingerprint density at radius 1 is 1.06 bits per heavy atom. The fourth-order valence-electron chi connectivity index (χ4n) is 5.29. The number of carbonyl (C=O) groups is 1. The fourth-order valence-corrected chi connectivity index (χ4v) is 5.29. The SMILES string of the molecule is COc1ccc(F)c(-c2ccc(C3CCc4ccc(C(C5CC5)[C@H](C)C(=O)O)cc4N3)cc2)c1. The number of aryl methyl sites for hydroxylation is 1. The normalized spacial score (nSPS) is 19.0. The Hall–Kier alpha value is -3.34. The van der Waals surface area contributed by atoms with E-state index in [4.69, 9.17) is 4.74 Å². The van der Waals surface area contributed by atoms with Crippen LogP contribution in [0.15, 0.2) is 60.7 Å². The Kier molecular flexibility index (Phi) is 6.03. The molecule has 3 atom stereocenters. The van der Waals surface area contributed by atoms with E-state index in [0.717, 1.165) is 48.1 Å². The fraction of sp³-hybridized carbons (Fsp3) is 0.345. The molecule has 1 heterocycles. The summed E-state index contributed by atoms with van der Waals surface area (Å²) in [5.74, 6) is -0.243. The molecule has 2 aliphatic rings. The number of halogens is 1. The highest BCUT2D eigenvalue weighted by Gasteiger charge is 2.39. The van der Waals surface area contributed by atoms with Crippen molar-refractivity contribution in [2.45, 2.75) is 44.6 Å². The molecule has 2 N–H and O–H groups in total. The lowest BCUT2D eigenvalue weighted by Gasteiger charge is -2.30. The molecule has 5 rings (SSSR count). The molecule has 0 saturated heterocycles. The van der Waals surface area contributed by atoms with Crippen molar-refractivity contribution < 1.29 is 19.0 Å². The third kappa shape index (κ3) is 4.39. The summed E-state index contributed by atoms with van der Waals surface area (Å²) in [4.78, 5) is 11.7. The molecule has 3 aromatic carbocycles. The van der Waals surface area contributed by atoms with Crippen LogP contribution >= 0.6 is 0 Å². The highest BCUT2D eigenvalue weighted by Crippen LogP contribution is 2.48. The van der Waals surface area contributed by atoms with Gasteiger partial charge in [-0.25, -0.2) is 4.39 Å². The second kappa shape index (κ2) is 9.13. The predicted octanol–water partition coefficient (Wildman–Crippen LogP) is 6.82. The van der Waals surface area contributed by atoms with Crippen LogP contribution in [-0.2, 0) is 11.2 Å². The molecular weight excluding hydrogens is 429 g/mol. The number of carboxylic acids is 1. The van der Waals surface area contributed by atoms with Gasteiger partial charge in [0.2, 0.25) is 0 Å². The highest BCUT2D eigenvalue weighted by molar-refractivity contribution is 5.71. The van der Waals surface area contributed by atoms with Gasteiger partial charge in [0.15, 0.2) is 0 Å². The lowest BCUT2D eigenvalue weighted by Crippen LogP contribution is -2.22. The number of carboxylic acid groups (broad SMARTS) is 1. The molecule has 5 heteroatoms. The molecule has 176 valence electrons. The predicted molar refractivity (Wildman–Crippen MR) is 132 cm³/mol. The van der Waals surface area contributed by atoms with Crippen molar-refractivity contribution in [2.24, 2.45) is 11.8 Å². The van der Waals surface area contributed by atoms with Crippen LogP contribution in [0.2, 0.25) is 0 Å². The Bertz CT molecular complexity index is 1200. The smallest absolute Gasteiger partial charge is 0.306 e. The van der Waals surface area contributed by atoms with Gasteiger partial charge in [-0.2, -0.15) is 0 Å². The van der Waals surface area contributed by atoms with Gasteiger partial charge in [0.1, 0.15) is 11.6 Å². The van der Waals surface area contributed by atoms with Gasteiger partial charge in [-0.15, -0.1) is 0 Å². The number of methoxy groups -OCH3 is 1. The number of rotatable bonds is 7. The Morgan fingerprint density at radius 3 is 2.50 bits per heavy atom. The summed E-state index contributed by atoms with van der Waals surface area (Å²) >= 11 is 0. The molecule has 0 bridgehead atoms. The lowest BCUT2D eigenvalue weighted by molar-refractivity contribution is -0.142. The van der Waals surface area contributed by atoms with Crippen molar-refractivity contribution in [1.29, 1.82) is 0 Å². The third-order valence-electron chi connectivity index (χ3n) is 7.41. The molecule has 1 fully saturated rings. The largest absolute Gasteiger partial charge is 0.497 e. The van der Waals surface area contributed by atoms with Crippen molar-refractivity contribution in [1.82, 2.24) is 0 Å². The maximum atomic E-state index is 14.4. The molecule has 0 radical (unpaired) electrons. The van der Waals surface area contributed by atoms with Crippen LogP contribution in [-0.4, -0.2) is 18.2 Å². The van der Waals surface area contributed by atoms with Crippen LogP contribution in [0.5, 0.6) is 5.75 Å². The van der Waals surface area contributed by atoms with Gasteiger partial charge in [0.25, 0.3) is 0 Å². The first-order valence-electron chi connectivity index (χ1n) is 12.0. The zero-order valence-electron chi connectivity index (χ0n) is 19.6. The zero-order valence-corrected chi connectivity index (χ0v) is 19.6. The summed E-state index contributed by atoms with van der Waals surface area (Å²) in [6.07, 6.45) is 4.14. The maximum absolute atomic E-state index is 14.4. The van der Waals surface area contributed by atoms with Crippen molar-refractivity contribution in [3.63, 3.8) is 0 Å². The first-order valence-corrected chi connectivity index (χ1v) is 12.0. The van der Waals surface area contributed by atoms with Crippen LogP contribution < -0.4 is 10.1 Å². The number of hydrogen-bond donors (Lipinski definition) is 2. The van der Waals surface area contributed by atoms with E-state index in [1.165, 1.54) is 11.6 Å². The van der Waals surface area contributed by atoms with Crippen LogP contribution in [0.25, 0.3) is 11.1 Å². The quantitative estimate of drug-likeness (QED) is 0.407. The van der Waals surface area contributed by atoms with E-state index in [1.807, 2.05) is 19.1 Å². The first-order chi connectivity index (χ1) is 16.4. The van der Waals surface area contributed by atoms with Crippen molar-refractivity contribution in [3.8, 4) is 16.9 Å². The van der Waals surface area contributed by atoms with Gasteiger partial charge in [-0.1, -0.05) is 43.3 Å². The maximum Gasteiger partial charge on any atom is 0.306 e. The summed E-state index contributed by atoms with van der Waals surface area (Å²) in [5, 5.41) is 13.3. The minimum atomic E-state index is -0.729. The van der Waals surface area contributed by atoms with Gasteiger partial charge in [-0.05, 0) is 84.0 Å². The molecule has 34 heavy (non-hydrogen) atoms. The Morgan fingerprint density at radius 2 is 1.82 bits per heavy atom. The third-order valence-corrected chi connectivity index (χ3v) is 7.41. The zero-order chi connectivity index (χ0) is 23.8. The molecule has 4 nitrogen and oxygen atoms in total. The second-order valence-corrected chi connectivity index (χ2v) is 9.61. The minimum absolute atomic E-state index is 0.0574. The van der Waals surface area contributed by atoms with Crippen LogP contribution in [0.3, 0.4) is 0 Å². The Labute approximate surface area is 199 Å². The van der Waals surface area contributed by atoms with Crippen molar-refractivity contribution in [3.05, 3.63) is 83.2 Å². The van der Waals surface area contributed by atoms with E-state index in [-0.39, 0.29) is 17.8 Å². The van der Waals surface area contributed by atoms with Crippen LogP contribution in [0, 0.1) is 17.7 Å². The van der Waals surface area contributed by atoms with E-state index < -0.39 is 11.9 Å². The van der Waals surface area contributed by atoms with E-state index in [1.54, 1.807) is 19.2 Å². The number of benzene rings is 3. The lowest BCUT2D eigenvalue weighted by atomic mass is 9.82. The van der Waals surface area contributed by atoms with Crippen LogP contribution in [0.1, 0.15) is 54.8 Å². The molecule has 0 spiro atoms. The number of aliphatic carboxylic acids is 1. The van der Waals surface area contributed by atoms with Gasteiger partial charge in [0, 0.05) is 11.3 Å². The molecule has 2 unspecified atom stereocenters. The molecule has 1 aliphatic carbocycles. The topological polar surface area (TPSA) is 58.6 Å². The standard InChI is InChI=1S/C29H30FNO3/c1-17(29(32)33)28(21-8-9-21)22-10-7-20-11-14-26(31-27(20)15-22)19-5-3-18(4-6-19)24-16-23(34-2)12-13-25(24)30/h3-7,10,12-13,15-17,21,26,28,31H,8-9,11,14H2,1-2H3,(H,32,33)/t17-,26?,28?/m0/s1. The van der Waals surface area contributed by atoms with Crippen molar-refractivity contribution in [2.75, 3.05) is 12.4 Å². The number of nitrogens with one attached hydrogen (secondary N) is 1. The molecule has 0 amide bonds. The molecular formula is C29H30FNO3.